The zero-order chi connectivity index (χ0) is 18.9. The van der Waals surface area contributed by atoms with Crippen molar-refractivity contribution < 1.29 is 4.74 Å². The summed E-state index contributed by atoms with van der Waals surface area (Å²) in [6.45, 7) is 3.66. The van der Waals surface area contributed by atoms with Gasteiger partial charge in [0.05, 0.1) is 0 Å². The minimum Gasteiger partial charge on any atom is -0.489 e. The Kier molecular flexibility index (Phi) is 9.36. The molecular weight excluding hydrogens is 389 g/mol. The minimum absolute atomic E-state index is 0. The second-order valence-electron chi connectivity index (χ2n) is 6.87. The highest BCUT2D eigenvalue weighted by atomic mass is 35.5. The molecule has 0 aliphatic rings. The molecule has 0 saturated heterocycles. The molecule has 1 N–H and O–H groups in total. The lowest BCUT2D eigenvalue weighted by Crippen LogP contribution is -2.25. The maximum absolute atomic E-state index is 5.90. The molecule has 0 spiro atoms. The molecule has 0 bridgehead atoms. The first-order valence-corrected chi connectivity index (χ1v) is 9.80. The van der Waals surface area contributed by atoms with E-state index < -0.39 is 0 Å². The van der Waals surface area contributed by atoms with Crippen molar-refractivity contribution >= 4 is 24.0 Å². The van der Waals surface area contributed by atoms with Crippen LogP contribution in [-0.4, -0.2) is 6.04 Å². The fraction of sp³-hybridized carbons (Fsp3) is 0.250. The zero-order valence-electron chi connectivity index (χ0n) is 16.1. The number of hydrogen-bond acceptors (Lipinski definition) is 2. The van der Waals surface area contributed by atoms with Gasteiger partial charge in [0.1, 0.15) is 12.4 Å². The van der Waals surface area contributed by atoms with Crippen molar-refractivity contribution in [1.29, 1.82) is 0 Å². The summed E-state index contributed by atoms with van der Waals surface area (Å²) in [5.74, 6) is 0.880. The van der Waals surface area contributed by atoms with Crippen LogP contribution in [0.3, 0.4) is 0 Å². The highest BCUT2D eigenvalue weighted by molar-refractivity contribution is 6.30. The molecular formula is C24H27Cl2NO. The molecule has 148 valence electrons. The average molecular weight is 416 g/mol. The van der Waals surface area contributed by atoms with Gasteiger partial charge in [0.2, 0.25) is 0 Å². The van der Waals surface area contributed by atoms with Crippen molar-refractivity contribution in [3.8, 4) is 5.75 Å². The predicted octanol–water partition coefficient (Wildman–Crippen LogP) is 6.45. The maximum atomic E-state index is 5.90. The molecule has 3 rings (SSSR count). The maximum Gasteiger partial charge on any atom is 0.119 e. The summed E-state index contributed by atoms with van der Waals surface area (Å²) in [6, 6.07) is 27.2. The summed E-state index contributed by atoms with van der Waals surface area (Å²) in [5.41, 5.74) is 3.77. The first-order valence-electron chi connectivity index (χ1n) is 9.42. The van der Waals surface area contributed by atoms with E-state index in [0.29, 0.717) is 12.6 Å². The molecule has 0 radical (unpaired) electrons. The van der Waals surface area contributed by atoms with Crippen LogP contribution >= 0.6 is 24.0 Å². The van der Waals surface area contributed by atoms with Crippen molar-refractivity contribution in [2.45, 2.75) is 39.0 Å². The average Bonchev–Trinajstić information content (AvgIpc) is 2.72. The Balaban J connectivity index is 0.00000280. The number of nitrogens with one attached hydrogen (secondary N) is 1. The van der Waals surface area contributed by atoms with E-state index in [9.17, 15) is 0 Å². The van der Waals surface area contributed by atoms with Gasteiger partial charge in [0, 0.05) is 17.6 Å². The Hall–Kier alpha value is -2.00. The molecule has 3 aromatic carbocycles. The summed E-state index contributed by atoms with van der Waals surface area (Å²) < 4.78 is 5.84. The van der Waals surface area contributed by atoms with Gasteiger partial charge < -0.3 is 10.1 Å². The summed E-state index contributed by atoms with van der Waals surface area (Å²) >= 11 is 5.90. The predicted molar refractivity (Wildman–Crippen MR) is 121 cm³/mol. The highest BCUT2D eigenvalue weighted by Gasteiger charge is 2.03. The van der Waals surface area contributed by atoms with Crippen LogP contribution in [-0.2, 0) is 19.6 Å². The quantitative estimate of drug-likeness (QED) is 0.433. The van der Waals surface area contributed by atoms with Crippen LogP contribution in [0.1, 0.15) is 30.0 Å². The second kappa shape index (κ2) is 11.8. The van der Waals surface area contributed by atoms with Gasteiger partial charge in [-0.1, -0.05) is 66.2 Å². The Morgan fingerprint density at radius 1 is 0.821 bits per heavy atom. The standard InChI is InChI=1S/C24H26ClNO.ClH/c1-19(7-8-20-5-3-2-4-6-20)26-17-21-11-15-24(16-12-21)27-18-22-9-13-23(25)14-10-22;/h2-6,9-16,19,26H,7-8,17-18H2,1H3;1H. The molecule has 0 fully saturated rings. The lowest BCUT2D eigenvalue weighted by atomic mass is 10.1. The molecule has 1 unspecified atom stereocenters. The number of benzene rings is 3. The number of rotatable bonds is 9. The van der Waals surface area contributed by atoms with Crippen molar-refractivity contribution in [2.24, 2.45) is 0 Å². The largest absolute Gasteiger partial charge is 0.489 e. The summed E-state index contributed by atoms with van der Waals surface area (Å²) in [7, 11) is 0. The SMILES string of the molecule is CC(CCc1ccccc1)NCc1ccc(OCc2ccc(Cl)cc2)cc1.Cl. The third-order valence-electron chi connectivity index (χ3n) is 4.61. The topological polar surface area (TPSA) is 21.3 Å². The molecule has 28 heavy (non-hydrogen) atoms. The zero-order valence-corrected chi connectivity index (χ0v) is 17.7. The van der Waals surface area contributed by atoms with E-state index in [0.717, 1.165) is 35.7 Å². The first-order chi connectivity index (χ1) is 13.2. The van der Waals surface area contributed by atoms with Gasteiger partial charge in [0.25, 0.3) is 0 Å². The van der Waals surface area contributed by atoms with Gasteiger partial charge in [-0.3, -0.25) is 0 Å². The number of ether oxygens (including phenoxy) is 1. The first kappa shape index (κ1) is 22.3. The molecule has 1 atom stereocenters. The van der Waals surface area contributed by atoms with Crippen LogP contribution < -0.4 is 10.1 Å². The van der Waals surface area contributed by atoms with Gasteiger partial charge in [0.15, 0.2) is 0 Å². The molecule has 4 heteroatoms. The molecule has 0 aliphatic carbocycles. The summed E-state index contributed by atoms with van der Waals surface area (Å²) in [6.07, 6.45) is 2.23. The fourth-order valence-electron chi connectivity index (χ4n) is 2.87. The van der Waals surface area contributed by atoms with Crippen molar-refractivity contribution in [3.05, 3.63) is 101 Å². The Morgan fingerprint density at radius 2 is 1.46 bits per heavy atom. The molecule has 2 nitrogen and oxygen atoms in total. The van der Waals surface area contributed by atoms with Gasteiger partial charge in [-0.25, -0.2) is 0 Å². The van der Waals surface area contributed by atoms with Crippen LogP contribution in [0.15, 0.2) is 78.9 Å². The van der Waals surface area contributed by atoms with Crippen LogP contribution in [0.4, 0.5) is 0 Å². The van der Waals surface area contributed by atoms with Crippen LogP contribution in [0, 0.1) is 0 Å². The van der Waals surface area contributed by atoms with Crippen LogP contribution in [0.25, 0.3) is 0 Å². The Morgan fingerprint density at radius 3 is 2.14 bits per heavy atom. The Bertz CT molecular complexity index is 804. The fourth-order valence-corrected chi connectivity index (χ4v) is 3.00. The van der Waals surface area contributed by atoms with E-state index in [1.807, 2.05) is 36.4 Å². The minimum atomic E-state index is 0. The number of aryl methyl sites for hydroxylation is 1. The third-order valence-corrected chi connectivity index (χ3v) is 4.86. The van der Waals surface area contributed by atoms with Gasteiger partial charge in [-0.05, 0) is 60.7 Å². The normalized spacial score (nSPS) is 11.5. The van der Waals surface area contributed by atoms with E-state index in [-0.39, 0.29) is 12.4 Å². The number of hydrogen-bond donors (Lipinski definition) is 1. The molecule has 3 aromatic rings. The van der Waals surface area contributed by atoms with E-state index in [1.165, 1.54) is 11.1 Å². The smallest absolute Gasteiger partial charge is 0.119 e. The molecule has 0 aliphatic heterocycles. The van der Waals surface area contributed by atoms with Crippen molar-refractivity contribution in [1.82, 2.24) is 5.32 Å². The van der Waals surface area contributed by atoms with E-state index in [2.05, 4.69) is 54.7 Å². The molecule has 0 aromatic heterocycles. The van der Waals surface area contributed by atoms with Crippen LogP contribution in [0.2, 0.25) is 5.02 Å². The molecule has 0 saturated carbocycles. The van der Waals surface area contributed by atoms with Crippen LogP contribution in [0.5, 0.6) is 5.75 Å². The van der Waals surface area contributed by atoms with E-state index in [1.54, 1.807) is 0 Å². The van der Waals surface area contributed by atoms with Gasteiger partial charge in [-0.2, -0.15) is 0 Å². The molecule has 0 heterocycles. The Labute approximate surface area is 179 Å². The summed E-state index contributed by atoms with van der Waals surface area (Å²) in [4.78, 5) is 0. The third kappa shape index (κ3) is 7.55. The second-order valence-corrected chi connectivity index (χ2v) is 7.30. The van der Waals surface area contributed by atoms with Gasteiger partial charge >= 0.3 is 0 Å². The monoisotopic (exact) mass is 415 g/mol. The lowest BCUT2D eigenvalue weighted by Gasteiger charge is -2.14. The van der Waals surface area contributed by atoms with Crippen molar-refractivity contribution in [3.63, 3.8) is 0 Å². The van der Waals surface area contributed by atoms with E-state index >= 15 is 0 Å². The van der Waals surface area contributed by atoms with Gasteiger partial charge in [-0.15, -0.1) is 12.4 Å². The highest BCUT2D eigenvalue weighted by Crippen LogP contribution is 2.16. The van der Waals surface area contributed by atoms with E-state index in [4.69, 9.17) is 16.3 Å². The van der Waals surface area contributed by atoms with Crippen molar-refractivity contribution in [2.75, 3.05) is 0 Å². The summed E-state index contributed by atoms with van der Waals surface area (Å²) in [5, 5.41) is 4.34. The lowest BCUT2D eigenvalue weighted by molar-refractivity contribution is 0.306. The molecule has 0 amide bonds. The number of halogens is 2.